The van der Waals surface area contributed by atoms with Gasteiger partial charge in [0.25, 0.3) is 0 Å². The molecule has 0 aliphatic rings. The van der Waals surface area contributed by atoms with Crippen molar-refractivity contribution in [1.29, 1.82) is 0 Å². The predicted molar refractivity (Wildman–Crippen MR) is 32.4 cm³/mol. The molecule has 0 amide bonds. The summed E-state index contributed by atoms with van der Waals surface area (Å²) in [7, 11) is 0. The Kier molecular flexibility index (Phi) is 4.05. The first-order valence-electron chi connectivity index (χ1n) is 2.42. The van der Waals surface area contributed by atoms with Gasteiger partial charge in [0.05, 0.1) is 5.88 Å². The van der Waals surface area contributed by atoms with Crippen LogP contribution in [-0.2, 0) is 14.3 Å². The first-order chi connectivity index (χ1) is 4.18. The largest absolute Gasteiger partial charge is 0.459 e. The van der Waals surface area contributed by atoms with Gasteiger partial charge in [0.15, 0.2) is 0 Å². The first-order valence-corrected chi connectivity index (χ1v) is 2.95. The molecule has 9 heavy (non-hydrogen) atoms. The van der Waals surface area contributed by atoms with Crippen LogP contribution >= 0.6 is 11.6 Å². The molecule has 4 heteroatoms. The number of ether oxygens (including phenoxy) is 1. The van der Waals surface area contributed by atoms with Gasteiger partial charge in [0.2, 0.25) is 5.78 Å². The van der Waals surface area contributed by atoms with Crippen molar-refractivity contribution in [3.05, 3.63) is 0 Å². The molecule has 0 N–H and O–H groups in total. The van der Waals surface area contributed by atoms with Crippen molar-refractivity contribution in [2.75, 3.05) is 12.5 Å². The zero-order chi connectivity index (χ0) is 7.28. The van der Waals surface area contributed by atoms with E-state index >= 15 is 0 Å². The Hall–Kier alpha value is -0.570. The highest BCUT2D eigenvalue weighted by Crippen LogP contribution is 1.81. The molecule has 0 aliphatic carbocycles. The number of hydrogen-bond donors (Lipinski definition) is 0. The highest BCUT2D eigenvalue weighted by atomic mass is 35.5. The Morgan fingerprint density at radius 1 is 1.56 bits per heavy atom. The number of Topliss-reactive ketones (excluding diaryl/α,β-unsaturated/α-hetero) is 1. The van der Waals surface area contributed by atoms with Crippen LogP contribution in [-0.4, -0.2) is 24.2 Å². The smallest absolute Gasteiger partial charge is 0.374 e. The molecule has 0 bridgehead atoms. The van der Waals surface area contributed by atoms with E-state index in [4.69, 9.17) is 11.6 Å². The van der Waals surface area contributed by atoms with Gasteiger partial charge in [-0.2, -0.15) is 0 Å². The zero-order valence-corrected chi connectivity index (χ0v) is 5.77. The van der Waals surface area contributed by atoms with E-state index in [0.29, 0.717) is 0 Å². The molecular weight excluding hydrogens is 144 g/mol. The van der Waals surface area contributed by atoms with Crippen molar-refractivity contribution in [1.82, 2.24) is 0 Å². The van der Waals surface area contributed by atoms with Gasteiger partial charge in [0.1, 0.15) is 6.61 Å². The van der Waals surface area contributed by atoms with E-state index in [0.717, 1.165) is 6.92 Å². The van der Waals surface area contributed by atoms with E-state index in [9.17, 15) is 9.59 Å². The lowest BCUT2D eigenvalue weighted by molar-refractivity contribution is -0.152. The van der Waals surface area contributed by atoms with Crippen LogP contribution in [0.5, 0.6) is 0 Å². The summed E-state index contributed by atoms with van der Waals surface area (Å²) in [5.74, 6) is -1.20. The number of ketones is 1. The van der Waals surface area contributed by atoms with Crippen LogP contribution in [0.25, 0.3) is 0 Å². The summed E-state index contributed by atoms with van der Waals surface area (Å²) in [6.45, 7) is 1.25. The first kappa shape index (κ1) is 8.43. The second kappa shape index (κ2) is 4.32. The van der Waals surface area contributed by atoms with E-state index in [-0.39, 0.29) is 12.5 Å². The minimum absolute atomic E-state index is 0.0972. The second-order valence-corrected chi connectivity index (χ2v) is 1.76. The van der Waals surface area contributed by atoms with Crippen LogP contribution in [0.2, 0.25) is 0 Å². The van der Waals surface area contributed by atoms with Gasteiger partial charge in [0, 0.05) is 6.92 Å². The summed E-state index contributed by atoms with van der Waals surface area (Å²) in [6.07, 6.45) is 0. The second-order valence-electron chi connectivity index (χ2n) is 1.38. The molecular formula is C5H7ClO3. The molecule has 0 fully saturated rings. The molecule has 0 aromatic rings. The van der Waals surface area contributed by atoms with Crippen molar-refractivity contribution < 1.29 is 14.3 Å². The fourth-order valence-electron chi connectivity index (χ4n) is 0.233. The molecule has 0 unspecified atom stereocenters. The van der Waals surface area contributed by atoms with Crippen LogP contribution < -0.4 is 0 Å². The van der Waals surface area contributed by atoms with E-state index in [1.165, 1.54) is 0 Å². The topological polar surface area (TPSA) is 43.4 Å². The Morgan fingerprint density at radius 3 is 2.44 bits per heavy atom. The van der Waals surface area contributed by atoms with E-state index in [2.05, 4.69) is 4.74 Å². The molecule has 0 rings (SSSR count). The van der Waals surface area contributed by atoms with Gasteiger partial charge >= 0.3 is 5.97 Å². The summed E-state index contributed by atoms with van der Waals surface area (Å²) in [6, 6.07) is 0. The lowest BCUT2D eigenvalue weighted by atomic mass is 10.5. The van der Waals surface area contributed by atoms with Gasteiger partial charge in [-0.3, -0.25) is 4.79 Å². The Morgan fingerprint density at radius 2 is 2.11 bits per heavy atom. The molecule has 3 nitrogen and oxygen atoms in total. The van der Waals surface area contributed by atoms with Gasteiger partial charge in [-0.05, 0) is 0 Å². The van der Waals surface area contributed by atoms with Crippen LogP contribution in [0.3, 0.4) is 0 Å². The number of alkyl halides is 1. The highest BCUT2D eigenvalue weighted by molar-refractivity contribution is 6.32. The fourth-order valence-corrected chi connectivity index (χ4v) is 0.310. The average molecular weight is 151 g/mol. The van der Waals surface area contributed by atoms with Gasteiger partial charge in [-0.1, -0.05) is 0 Å². The van der Waals surface area contributed by atoms with E-state index in [1.54, 1.807) is 0 Å². The van der Waals surface area contributed by atoms with Crippen molar-refractivity contribution in [3.8, 4) is 0 Å². The molecule has 0 aromatic carbocycles. The Bertz CT molecular complexity index is 121. The van der Waals surface area contributed by atoms with E-state index in [1.807, 2.05) is 0 Å². The van der Waals surface area contributed by atoms with Gasteiger partial charge < -0.3 is 4.74 Å². The van der Waals surface area contributed by atoms with E-state index < -0.39 is 11.8 Å². The number of halogens is 1. The number of carbonyl (C=O) groups is 2. The van der Waals surface area contributed by atoms with Crippen LogP contribution in [0.1, 0.15) is 6.92 Å². The summed E-state index contributed by atoms with van der Waals surface area (Å²) >= 11 is 5.16. The van der Waals surface area contributed by atoms with Crippen LogP contribution in [0.4, 0.5) is 0 Å². The molecule has 52 valence electrons. The summed E-state index contributed by atoms with van der Waals surface area (Å²) in [5, 5.41) is 0. The molecule has 0 saturated carbocycles. The molecule has 0 spiro atoms. The normalized spacial score (nSPS) is 8.67. The number of esters is 1. The minimum Gasteiger partial charge on any atom is -0.459 e. The molecule has 0 saturated heterocycles. The maximum Gasteiger partial charge on any atom is 0.374 e. The summed E-state index contributed by atoms with van der Waals surface area (Å²) in [4.78, 5) is 20.4. The summed E-state index contributed by atoms with van der Waals surface area (Å²) < 4.78 is 4.33. The number of rotatable bonds is 3. The van der Waals surface area contributed by atoms with Gasteiger partial charge in [-0.15, -0.1) is 11.6 Å². The van der Waals surface area contributed by atoms with Gasteiger partial charge in [-0.25, -0.2) is 4.79 Å². The quantitative estimate of drug-likeness (QED) is 0.332. The summed E-state index contributed by atoms with van der Waals surface area (Å²) in [5.41, 5.74) is 0. The van der Waals surface area contributed by atoms with Crippen molar-refractivity contribution in [3.63, 3.8) is 0 Å². The maximum absolute atomic E-state index is 10.3. The molecule has 0 aromatic heterocycles. The molecule has 0 radical (unpaired) electrons. The van der Waals surface area contributed by atoms with Crippen LogP contribution in [0, 0.1) is 0 Å². The predicted octanol–water partition coefficient (Wildman–Crippen LogP) is 0.357. The average Bonchev–Trinajstić information content (AvgIpc) is 1.82. The van der Waals surface area contributed by atoms with Crippen LogP contribution in [0.15, 0.2) is 0 Å². The Labute approximate surface area is 57.9 Å². The third-order valence-corrected chi connectivity index (χ3v) is 0.752. The highest BCUT2D eigenvalue weighted by Gasteiger charge is 2.06. The number of carbonyl (C=O) groups excluding carboxylic acids is 2. The number of hydrogen-bond acceptors (Lipinski definition) is 3. The van der Waals surface area contributed by atoms with Crippen molar-refractivity contribution in [2.45, 2.75) is 6.92 Å². The molecule has 0 heterocycles. The van der Waals surface area contributed by atoms with Crippen molar-refractivity contribution in [2.24, 2.45) is 0 Å². The minimum atomic E-state index is -0.823. The van der Waals surface area contributed by atoms with Crippen molar-refractivity contribution >= 4 is 23.4 Å². The Balaban J connectivity index is 3.39. The standard InChI is InChI=1S/C5H7ClO3/c1-4(7)5(8)9-3-2-6/h2-3H2,1H3. The molecule has 0 aliphatic heterocycles. The third kappa shape index (κ3) is 3.97. The third-order valence-electron chi connectivity index (χ3n) is 0.598. The molecule has 0 atom stereocenters. The SMILES string of the molecule is CC(=O)C(=O)OCCCl. The lowest BCUT2D eigenvalue weighted by Crippen LogP contribution is -2.14. The monoisotopic (exact) mass is 150 g/mol. The maximum atomic E-state index is 10.3. The zero-order valence-electron chi connectivity index (χ0n) is 5.02. The lowest BCUT2D eigenvalue weighted by Gasteiger charge is -1.95. The fraction of sp³-hybridized carbons (Fsp3) is 0.600.